The Bertz CT molecular complexity index is 980. The molecule has 0 radical (unpaired) electrons. The molecule has 3 N–H and O–H groups in total. The van der Waals surface area contributed by atoms with Crippen molar-refractivity contribution in [1.82, 2.24) is 9.88 Å². The van der Waals surface area contributed by atoms with Gasteiger partial charge in [-0.1, -0.05) is 42.5 Å². The van der Waals surface area contributed by atoms with Gasteiger partial charge in [0, 0.05) is 17.6 Å². The quantitative estimate of drug-likeness (QED) is 0.737. The Hall–Kier alpha value is -3.41. The van der Waals surface area contributed by atoms with Crippen LogP contribution in [0.4, 0.5) is 0 Å². The van der Waals surface area contributed by atoms with E-state index in [2.05, 4.69) is 5.32 Å². The van der Waals surface area contributed by atoms with Crippen LogP contribution in [-0.2, 0) is 16.1 Å². The Morgan fingerprint density at radius 3 is 2.40 bits per heavy atom. The summed E-state index contributed by atoms with van der Waals surface area (Å²) in [6.45, 7) is -0.0304. The predicted octanol–water partition coefficient (Wildman–Crippen LogP) is 1.34. The molecule has 25 heavy (non-hydrogen) atoms. The molecular formula is C19H17N3O3. The molecule has 0 saturated carbocycles. The van der Waals surface area contributed by atoms with Gasteiger partial charge in [0.05, 0.1) is 5.52 Å². The number of fused-ring (bicyclic) bond motifs is 1. The van der Waals surface area contributed by atoms with Gasteiger partial charge in [-0.2, -0.15) is 0 Å². The second-order valence-corrected chi connectivity index (χ2v) is 5.64. The van der Waals surface area contributed by atoms with Crippen molar-refractivity contribution in [3.8, 4) is 0 Å². The first-order chi connectivity index (χ1) is 12.1. The lowest BCUT2D eigenvalue weighted by molar-refractivity contribution is -0.127. The molecule has 2 aromatic carbocycles. The highest BCUT2D eigenvalue weighted by Crippen LogP contribution is 2.13. The largest absolute Gasteiger partial charge is 0.368 e. The van der Waals surface area contributed by atoms with Crippen LogP contribution < -0.4 is 16.5 Å². The maximum Gasteiger partial charge on any atom is 0.244 e. The first kappa shape index (κ1) is 16.4. The smallest absolute Gasteiger partial charge is 0.244 e. The van der Waals surface area contributed by atoms with Gasteiger partial charge < -0.3 is 15.6 Å². The van der Waals surface area contributed by atoms with Crippen molar-refractivity contribution in [3.05, 3.63) is 82.6 Å². The van der Waals surface area contributed by atoms with Gasteiger partial charge in [0.25, 0.3) is 0 Å². The summed E-state index contributed by atoms with van der Waals surface area (Å²) in [5, 5.41) is 3.18. The molecule has 3 aromatic rings. The SMILES string of the molecule is NC(=O)[C@@H](NC(=O)Cn1ccc(=O)c2ccccc21)c1ccccc1. The number of nitrogens with two attached hydrogens (primary N) is 1. The number of carbonyl (C=O) groups is 2. The van der Waals surface area contributed by atoms with E-state index in [0.717, 1.165) is 0 Å². The number of amides is 2. The predicted molar refractivity (Wildman–Crippen MR) is 94.7 cm³/mol. The highest BCUT2D eigenvalue weighted by atomic mass is 16.2. The van der Waals surface area contributed by atoms with Crippen LogP contribution in [0.1, 0.15) is 11.6 Å². The molecule has 0 spiro atoms. The van der Waals surface area contributed by atoms with E-state index in [4.69, 9.17) is 5.73 Å². The molecule has 1 atom stereocenters. The zero-order valence-electron chi connectivity index (χ0n) is 13.4. The molecule has 6 heteroatoms. The van der Waals surface area contributed by atoms with Gasteiger partial charge in [-0.3, -0.25) is 14.4 Å². The van der Waals surface area contributed by atoms with Gasteiger partial charge in [0.1, 0.15) is 12.6 Å². The fourth-order valence-electron chi connectivity index (χ4n) is 2.72. The summed E-state index contributed by atoms with van der Waals surface area (Å²) in [4.78, 5) is 36.0. The average Bonchev–Trinajstić information content (AvgIpc) is 2.63. The molecule has 0 fully saturated rings. The number of nitrogens with one attached hydrogen (secondary N) is 1. The Balaban J connectivity index is 1.84. The number of hydrogen-bond donors (Lipinski definition) is 2. The van der Waals surface area contributed by atoms with Crippen molar-refractivity contribution >= 4 is 22.7 Å². The van der Waals surface area contributed by atoms with E-state index in [1.54, 1.807) is 59.3 Å². The van der Waals surface area contributed by atoms with Gasteiger partial charge in [-0.25, -0.2) is 0 Å². The van der Waals surface area contributed by atoms with Crippen LogP contribution >= 0.6 is 0 Å². The average molecular weight is 335 g/mol. The number of hydrogen-bond acceptors (Lipinski definition) is 3. The van der Waals surface area contributed by atoms with Crippen molar-refractivity contribution in [1.29, 1.82) is 0 Å². The third-order valence-electron chi connectivity index (χ3n) is 3.92. The molecule has 126 valence electrons. The molecule has 6 nitrogen and oxygen atoms in total. The Morgan fingerprint density at radius 2 is 1.68 bits per heavy atom. The molecule has 0 aliphatic rings. The van der Waals surface area contributed by atoms with E-state index >= 15 is 0 Å². The van der Waals surface area contributed by atoms with Crippen LogP contribution in [0.15, 0.2) is 71.7 Å². The van der Waals surface area contributed by atoms with E-state index in [1.807, 2.05) is 6.07 Å². The van der Waals surface area contributed by atoms with Gasteiger partial charge in [-0.05, 0) is 17.7 Å². The third-order valence-corrected chi connectivity index (χ3v) is 3.92. The van der Waals surface area contributed by atoms with Gasteiger partial charge in [-0.15, -0.1) is 0 Å². The number of aromatic nitrogens is 1. The monoisotopic (exact) mass is 335 g/mol. The molecule has 0 aliphatic carbocycles. The maximum atomic E-state index is 12.4. The van der Waals surface area contributed by atoms with Crippen LogP contribution in [0.3, 0.4) is 0 Å². The Labute approximate surface area is 143 Å². The van der Waals surface area contributed by atoms with Gasteiger partial charge in [0.15, 0.2) is 5.43 Å². The molecule has 0 unspecified atom stereocenters. The fraction of sp³-hybridized carbons (Fsp3) is 0.105. The topological polar surface area (TPSA) is 94.2 Å². The second kappa shape index (κ2) is 7.00. The molecule has 0 bridgehead atoms. The van der Waals surface area contributed by atoms with E-state index < -0.39 is 11.9 Å². The molecule has 1 aromatic heterocycles. The van der Waals surface area contributed by atoms with Gasteiger partial charge >= 0.3 is 0 Å². The van der Waals surface area contributed by atoms with Crippen LogP contribution in [0.2, 0.25) is 0 Å². The number of rotatable bonds is 5. The van der Waals surface area contributed by atoms with Crippen LogP contribution in [0, 0.1) is 0 Å². The minimum atomic E-state index is -0.903. The highest BCUT2D eigenvalue weighted by Gasteiger charge is 2.20. The summed E-state index contributed by atoms with van der Waals surface area (Å²) < 4.78 is 1.66. The lowest BCUT2D eigenvalue weighted by atomic mass is 10.1. The maximum absolute atomic E-state index is 12.4. The summed E-state index contributed by atoms with van der Waals surface area (Å²) in [6.07, 6.45) is 1.56. The number of benzene rings is 2. The lowest BCUT2D eigenvalue weighted by Crippen LogP contribution is -2.39. The Kier molecular flexibility index (Phi) is 4.61. The zero-order valence-corrected chi connectivity index (χ0v) is 13.4. The van der Waals surface area contributed by atoms with Crippen LogP contribution in [0.25, 0.3) is 10.9 Å². The van der Waals surface area contributed by atoms with Crippen molar-refractivity contribution in [2.75, 3.05) is 0 Å². The Morgan fingerprint density at radius 1 is 1.00 bits per heavy atom. The standard InChI is InChI=1S/C19H17N3O3/c20-19(25)18(13-6-2-1-3-7-13)21-17(24)12-22-11-10-16(23)14-8-4-5-9-15(14)22/h1-11,18H,12H2,(H2,20,25)(H,21,24)/t18-/m0/s1. The normalized spacial score (nSPS) is 11.8. The number of pyridine rings is 1. The highest BCUT2D eigenvalue weighted by molar-refractivity contribution is 5.88. The second-order valence-electron chi connectivity index (χ2n) is 5.64. The van der Waals surface area contributed by atoms with E-state index in [-0.39, 0.29) is 17.9 Å². The van der Waals surface area contributed by atoms with Crippen molar-refractivity contribution in [3.63, 3.8) is 0 Å². The first-order valence-electron chi connectivity index (χ1n) is 7.78. The lowest BCUT2D eigenvalue weighted by Gasteiger charge is -2.17. The van der Waals surface area contributed by atoms with Gasteiger partial charge in [0.2, 0.25) is 11.8 Å². The van der Waals surface area contributed by atoms with Crippen LogP contribution in [-0.4, -0.2) is 16.4 Å². The zero-order chi connectivity index (χ0) is 17.8. The minimum Gasteiger partial charge on any atom is -0.368 e. The molecule has 0 aliphatic heterocycles. The van der Waals surface area contributed by atoms with Crippen molar-refractivity contribution < 1.29 is 9.59 Å². The van der Waals surface area contributed by atoms with Crippen molar-refractivity contribution in [2.24, 2.45) is 5.73 Å². The number of para-hydroxylation sites is 1. The van der Waals surface area contributed by atoms with E-state index in [1.165, 1.54) is 6.07 Å². The molecule has 2 amide bonds. The fourth-order valence-corrected chi connectivity index (χ4v) is 2.72. The van der Waals surface area contributed by atoms with Crippen molar-refractivity contribution in [2.45, 2.75) is 12.6 Å². The number of nitrogens with zero attached hydrogens (tertiary/aromatic N) is 1. The molecule has 0 saturated heterocycles. The number of primary amides is 1. The summed E-state index contributed by atoms with van der Waals surface area (Å²) >= 11 is 0. The molecule has 1 heterocycles. The van der Waals surface area contributed by atoms with E-state index in [0.29, 0.717) is 16.5 Å². The molecule has 3 rings (SSSR count). The first-order valence-corrected chi connectivity index (χ1v) is 7.78. The summed E-state index contributed by atoms with van der Waals surface area (Å²) in [5.41, 5.74) is 6.59. The summed E-state index contributed by atoms with van der Waals surface area (Å²) in [6, 6.07) is 16.4. The summed E-state index contributed by atoms with van der Waals surface area (Å²) in [5.74, 6) is -1.01. The number of carbonyl (C=O) groups excluding carboxylic acids is 2. The molecular weight excluding hydrogens is 318 g/mol. The van der Waals surface area contributed by atoms with E-state index in [9.17, 15) is 14.4 Å². The van der Waals surface area contributed by atoms with Crippen LogP contribution in [0.5, 0.6) is 0 Å². The minimum absolute atomic E-state index is 0.0304. The summed E-state index contributed by atoms with van der Waals surface area (Å²) in [7, 11) is 0. The third kappa shape index (κ3) is 3.58.